The molecule has 3 nitrogen and oxygen atoms in total. The van der Waals surface area contributed by atoms with Gasteiger partial charge in [0.25, 0.3) is 5.91 Å². The molecule has 0 unspecified atom stereocenters. The van der Waals surface area contributed by atoms with Crippen LogP contribution in [0.15, 0.2) is 48.5 Å². The van der Waals surface area contributed by atoms with Crippen molar-refractivity contribution in [2.75, 3.05) is 6.54 Å². The van der Waals surface area contributed by atoms with E-state index in [1.165, 1.54) is 12.1 Å². The predicted molar refractivity (Wildman–Crippen MR) is 93.9 cm³/mol. The topological polar surface area (TPSA) is 38.3 Å². The van der Waals surface area contributed by atoms with Crippen LogP contribution in [-0.4, -0.2) is 18.6 Å². The van der Waals surface area contributed by atoms with Crippen LogP contribution in [0, 0.1) is 5.82 Å². The number of carbonyl (C=O) groups excluding carboxylic acids is 1. The maximum atomic E-state index is 12.8. The maximum absolute atomic E-state index is 12.8. The van der Waals surface area contributed by atoms with E-state index in [-0.39, 0.29) is 11.7 Å². The van der Waals surface area contributed by atoms with E-state index in [1.807, 2.05) is 6.92 Å². The van der Waals surface area contributed by atoms with Gasteiger partial charge in [0.15, 0.2) is 6.10 Å². The molecule has 1 atom stereocenters. The van der Waals surface area contributed by atoms with Gasteiger partial charge in [0.05, 0.1) is 0 Å². The highest BCUT2D eigenvalue weighted by Crippen LogP contribution is 2.19. The number of ether oxygens (including phenoxy) is 1. The van der Waals surface area contributed by atoms with Crippen LogP contribution >= 0.6 is 11.6 Å². The second-order valence-corrected chi connectivity index (χ2v) is 5.93. The maximum Gasteiger partial charge on any atom is 0.261 e. The summed E-state index contributed by atoms with van der Waals surface area (Å²) in [6.07, 6.45) is 1.59. The zero-order valence-electron chi connectivity index (χ0n) is 13.6. The molecule has 0 radical (unpaired) electrons. The van der Waals surface area contributed by atoms with Gasteiger partial charge in [-0.3, -0.25) is 4.79 Å². The normalized spacial score (nSPS) is 11.8. The van der Waals surface area contributed by atoms with Gasteiger partial charge in [-0.25, -0.2) is 4.39 Å². The summed E-state index contributed by atoms with van der Waals surface area (Å²) in [7, 11) is 0. The van der Waals surface area contributed by atoms with Gasteiger partial charge in [-0.15, -0.1) is 0 Å². The highest BCUT2D eigenvalue weighted by atomic mass is 35.5. The SMILES string of the molecule is CC[C@@H](Oc1cccc(Cl)c1)C(=O)NCCCc1ccc(F)cc1. The molecule has 0 aliphatic rings. The van der Waals surface area contributed by atoms with Gasteiger partial charge in [-0.05, 0) is 55.2 Å². The summed E-state index contributed by atoms with van der Waals surface area (Å²) < 4.78 is 18.5. The molecule has 128 valence electrons. The zero-order chi connectivity index (χ0) is 17.4. The predicted octanol–water partition coefficient (Wildman–Crippen LogP) is 4.39. The largest absolute Gasteiger partial charge is 0.481 e. The summed E-state index contributed by atoms with van der Waals surface area (Å²) in [5, 5.41) is 3.45. The molecule has 5 heteroatoms. The standard InChI is InChI=1S/C19H21ClFNO2/c1-2-18(24-17-7-3-6-15(20)13-17)19(23)22-12-4-5-14-8-10-16(21)11-9-14/h3,6-11,13,18H,2,4-5,12H2,1H3,(H,22,23)/t18-/m1/s1. The summed E-state index contributed by atoms with van der Waals surface area (Å²) >= 11 is 5.92. The Bertz CT molecular complexity index is 661. The molecular formula is C19H21ClFNO2. The van der Waals surface area contributed by atoms with Crippen LogP contribution in [0.1, 0.15) is 25.3 Å². The number of benzene rings is 2. The highest BCUT2D eigenvalue weighted by Gasteiger charge is 2.17. The fraction of sp³-hybridized carbons (Fsp3) is 0.316. The minimum atomic E-state index is -0.547. The molecule has 0 aromatic heterocycles. The second kappa shape index (κ2) is 9.28. The molecule has 0 aliphatic heterocycles. The quantitative estimate of drug-likeness (QED) is 0.718. The Balaban J connectivity index is 1.76. The summed E-state index contributed by atoms with van der Waals surface area (Å²) in [6.45, 7) is 2.44. The third-order valence-electron chi connectivity index (χ3n) is 3.59. The van der Waals surface area contributed by atoms with E-state index >= 15 is 0 Å². The smallest absolute Gasteiger partial charge is 0.261 e. The van der Waals surface area contributed by atoms with E-state index in [9.17, 15) is 9.18 Å². The van der Waals surface area contributed by atoms with Crippen LogP contribution in [0.25, 0.3) is 0 Å². The van der Waals surface area contributed by atoms with Crippen molar-refractivity contribution in [3.8, 4) is 5.75 Å². The molecule has 2 aromatic rings. The van der Waals surface area contributed by atoms with Crippen molar-refractivity contribution in [3.05, 3.63) is 64.9 Å². The molecule has 0 heterocycles. The third-order valence-corrected chi connectivity index (χ3v) is 3.83. The molecule has 2 aromatic carbocycles. The number of hydrogen-bond donors (Lipinski definition) is 1. The molecule has 24 heavy (non-hydrogen) atoms. The second-order valence-electron chi connectivity index (χ2n) is 5.49. The van der Waals surface area contributed by atoms with E-state index in [4.69, 9.17) is 16.3 Å². The van der Waals surface area contributed by atoms with Crippen LogP contribution in [0.2, 0.25) is 5.02 Å². The first-order valence-electron chi connectivity index (χ1n) is 8.03. The average molecular weight is 350 g/mol. The molecule has 2 rings (SSSR count). The van der Waals surface area contributed by atoms with Crippen molar-refractivity contribution >= 4 is 17.5 Å². The first kappa shape index (κ1) is 18.3. The van der Waals surface area contributed by atoms with Crippen molar-refractivity contribution in [1.29, 1.82) is 0 Å². The third kappa shape index (κ3) is 5.85. The van der Waals surface area contributed by atoms with Crippen LogP contribution in [0.4, 0.5) is 4.39 Å². The lowest BCUT2D eigenvalue weighted by molar-refractivity contribution is -0.128. The molecule has 0 saturated carbocycles. The number of aryl methyl sites for hydroxylation is 1. The van der Waals surface area contributed by atoms with E-state index in [0.717, 1.165) is 18.4 Å². The lowest BCUT2D eigenvalue weighted by Gasteiger charge is -2.17. The Kier molecular flexibility index (Phi) is 7.07. The van der Waals surface area contributed by atoms with Gasteiger partial charge in [-0.2, -0.15) is 0 Å². The summed E-state index contributed by atoms with van der Waals surface area (Å²) in [5.74, 6) is 0.198. The first-order chi connectivity index (χ1) is 11.6. The van der Waals surface area contributed by atoms with Crippen LogP contribution in [0.5, 0.6) is 5.75 Å². The molecular weight excluding hydrogens is 329 g/mol. The van der Waals surface area contributed by atoms with Gasteiger partial charge < -0.3 is 10.1 Å². The van der Waals surface area contributed by atoms with Gasteiger partial charge >= 0.3 is 0 Å². The van der Waals surface area contributed by atoms with Crippen molar-refractivity contribution < 1.29 is 13.9 Å². The Hall–Kier alpha value is -2.07. The van der Waals surface area contributed by atoms with Gasteiger partial charge in [0, 0.05) is 11.6 Å². The minimum Gasteiger partial charge on any atom is -0.481 e. The summed E-state index contributed by atoms with van der Waals surface area (Å²) in [6, 6.07) is 13.4. The van der Waals surface area contributed by atoms with Crippen molar-refractivity contribution in [2.45, 2.75) is 32.3 Å². The van der Waals surface area contributed by atoms with Gasteiger partial charge in [0.2, 0.25) is 0 Å². The van der Waals surface area contributed by atoms with Gasteiger partial charge in [-0.1, -0.05) is 36.7 Å². The molecule has 1 N–H and O–H groups in total. The number of nitrogens with one attached hydrogen (secondary N) is 1. The van der Waals surface area contributed by atoms with E-state index in [1.54, 1.807) is 36.4 Å². The Morgan fingerprint density at radius 1 is 1.25 bits per heavy atom. The fourth-order valence-electron chi connectivity index (χ4n) is 2.30. The van der Waals surface area contributed by atoms with Crippen LogP contribution in [-0.2, 0) is 11.2 Å². The molecule has 0 bridgehead atoms. The number of amides is 1. The first-order valence-corrected chi connectivity index (χ1v) is 8.40. The zero-order valence-corrected chi connectivity index (χ0v) is 14.4. The number of rotatable bonds is 8. The number of halogens is 2. The Morgan fingerprint density at radius 3 is 2.67 bits per heavy atom. The highest BCUT2D eigenvalue weighted by molar-refractivity contribution is 6.30. The van der Waals surface area contributed by atoms with Crippen LogP contribution < -0.4 is 10.1 Å². The molecule has 0 saturated heterocycles. The molecule has 1 amide bonds. The fourth-order valence-corrected chi connectivity index (χ4v) is 2.48. The minimum absolute atomic E-state index is 0.142. The van der Waals surface area contributed by atoms with Crippen molar-refractivity contribution in [3.63, 3.8) is 0 Å². The van der Waals surface area contributed by atoms with E-state index in [0.29, 0.717) is 23.7 Å². The number of hydrogen-bond acceptors (Lipinski definition) is 2. The summed E-state index contributed by atoms with van der Waals surface area (Å²) in [5.41, 5.74) is 1.05. The van der Waals surface area contributed by atoms with E-state index in [2.05, 4.69) is 5.32 Å². The van der Waals surface area contributed by atoms with Crippen molar-refractivity contribution in [2.24, 2.45) is 0 Å². The Morgan fingerprint density at radius 2 is 2.00 bits per heavy atom. The average Bonchev–Trinajstić information content (AvgIpc) is 2.58. The summed E-state index contributed by atoms with van der Waals surface area (Å²) in [4.78, 5) is 12.2. The lowest BCUT2D eigenvalue weighted by atomic mass is 10.1. The van der Waals surface area contributed by atoms with Gasteiger partial charge in [0.1, 0.15) is 11.6 Å². The molecule has 0 aliphatic carbocycles. The van der Waals surface area contributed by atoms with Crippen LogP contribution in [0.3, 0.4) is 0 Å². The Labute approximate surface area is 146 Å². The molecule has 0 spiro atoms. The van der Waals surface area contributed by atoms with Crippen molar-refractivity contribution in [1.82, 2.24) is 5.32 Å². The monoisotopic (exact) mass is 349 g/mol. The lowest BCUT2D eigenvalue weighted by Crippen LogP contribution is -2.38. The number of carbonyl (C=O) groups is 1. The molecule has 0 fully saturated rings. The van der Waals surface area contributed by atoms with E-state index < -0.39 is 6.10 Å².